The summed E-state index contributed by atoms with van der Waals surface area (Å²) in [6.45, 7) is 2.04. The van der Waals surface area contributed by atoms with E-state index in [9.17, 15) is 0 Å². The molecule has 0 heterocycles. The lowest BCUT2D eigenvalue weighted by Crippen LogP contribution is -2.53. The van der Waals surface area contributed by atoms with Gasteiger partial charge in [-0.1, -0.05) is 31.2 Å². The molecule has 1 aliphatic rings. The molecular formula is C8H14N2. The summed E-state index contributed by atoms with van der Waals surface area (Å²) in [5.74, 6) is 0. The molecule has 2 nitrogen and oxygen atoms in total. The molecule has 0 saturated heterocycles. The summed E-state index contributed by atoms with van der Waals surface area (Å²) in [6, 6.07) is -0.0255. The summed E-state index contributed by atoms with van der Waals surface area (Å²) in [4.78, 5) is 0. The van der Waals surface area contributed by atoms with Crippen LogP contribution in [-0.4, -0.2) is 11.6 Å². The highest BCUT2D eigenvalue weighted by Crippen LogP contribution is 2.16. The summed E-state index contributed by atoms with van der Waals surface area (Å²) in [5, 5.41) is 0. The Morgan fingerprint density at radius 3 is 2.60 bits per heavy atom. The van der Waals surface area contributed by atoms with Gasteiger partial charge in [0, 0.05) is 6.04 Å². The molecule has 0 spiro atoms. The topological polar surface area (TPSA) is 52.0 Å². The van der Waals surface area contributed by atoms with E-state index in [0.717, 1.165) is 6.42 Å². The first kappa shape index (κ1) is 7.51. The van der Waals surface area contributed by atoms with Crippen LogP contribution in [0, 0.1) is 0 Å². The Bertz CT molecular complexity index is 172. The van der Waals surface area contributed by atoms with Gasteiger partial charge < -0.3 is 11.5 Å². The van der Waals surface area contributed by atoms with Crippen molar-refractivity contribution >= 4 is 0 Å². The molecule has 56 valence electrons. The van der Waals surface area contributed by atoms with Gasteiger partial charge in [-0.2, -0.15) is 0 Å². The maximum Gasteiger partial charge on any atom is 0.0529 e. The Morgan fingerprint density at radius 1 is 1.50 bits per heavy atom. The Labute approximate surface area is 61.6 Å². The van der Waals surface area contributed by atoms with Crippen LogP contribution in [0.4, 0.5) is 0 Å². The highest BCUT2D eigenvalue weighted by atomic mass is 14.8. The minimum absolute atomic E-state index is 0.0255. The molecule has 10 heavy (non-hydrogen) atoms. The summed E-state index contributed by atoms with van der Waals surface area (Å²) >= 11 is 0. The molecule has 0 aromatic carbocycles. The van der Waals surface area contributed by atoms with Gasteiger partial charge in [-0.25, -0.2) is 0 Å². The van der Waals surface area contributed by atoms with E-state index in [2.05, 4.69) is 0 Å². The Balaban J connectivity index is 2.77. The predicted octanol–water partition coefficient (Wildman–Crippen LogP) is 0.547. The van der Waals surface area contributed by atoms with Crippen molar-refractivity contribution < 1.29 is 0 Å². The Hall–Kier alpha value is -0.600. The third-order valence-electron chi connectivity index (χ3n) is 2.07. The molecule has 2 heteroatoms. The number of allylic oxidation sites excluding steroid dienone is 2. The van der Waals surface area contributed by atoms with Gasteiger partial charge in [-0.3, -0.25) is 0 Å². The van der Waals surface area contributed by atoms with Crippen molar-refractivity contribution in [2.45, 2.75) is 24.9 Å². The molecule has 4 N–H and O–H groups in total. The van der Waals surface area contributed by atoms with E-state index < -0.39 is 0 Å². The molecule has 1 rings (SSSR count). The van der Waals surface area contributed by atoms with Crippen LogP contribution in [-0.2, 0) is 0 Å². The maximum atomic E-state index is 5.94. The third-order valence-corrected chi connectivity index (χ3v) is 2.07. The van der Waals surface area contributed by atoms with Gasteiger partial charge in [0.25, 0.3) is 0 Å². The first-order valence-corrected chi connectivity index (χ1v) is 3.59. The largest absolute Gasteiger partial charge is 0.323 e. The average molecular weight is 138 g/mol. The van der Waals surface area contributed by atoms with Gasteiger partial charge in [0.2, 0.25) is 0 Å². The van der Waals surface area contributed by atoms with E-state index in [1.165, 1.54) is 0 Å². The average Bonchev–Trinajstić information content (AvgIpc) is 1.96. The molecule has 0 aromatic heterocycles. The molecule has 0 radical (unpaired) electrons. The van der Waals surface area contributed by atoms with Crippen molar-refractivity contribution in [3.8, 4) is 0 Å². The van der Waals surface area contributed by atoms with Crippen LogP contribution in [0.5, 0.6) is 0 Å². The molecule has 0 saturated carbocycles. The predicted molar refractivity (Wildman–Crippen MR) is 43.5 cm³/mol. The standard InChI is InChI=1S/C8H14N2/c1-2-8(10)6-4-3-5-7(8)9/h3-7H,2,9-10H2,1H3. The molecule has 2 atom stereocenters. The van der Waals surface area contributed by atoms with Crippen molar-refractivity contribution in [3.05, 3.63) is 24.3 Å². The van der Waals surface area contributed by atoms with E-state index in [1.807, 2.05) is 31.2 Å². The lowest BCUT2D eigenvalue weighted by molar-refractivity contribution is 0.455. The van der Waals surface area contributed by atoms with Crippen molar-refractivity contribution in [1.29, 1.82) is 0 Å². The smallest absolute Gasteiger partial charge is 0.0529 e. The lowest BCUT2D eigenvalue weighted by Gasteiger charge is -2.31. The lowest BCUT2D eigenvalue weighted by atomic mass is 9.86. The zero-order chi connectivity index (χ0) is 7.61. The number of rotatable bonds is 1. The van der Waals surface area contributed by atoms with E-state index in [4.69, 9.17) is 11.5 Å². The van der Waals surface area contributed by atoms with Gasteiger partial charge >= 0.3 is 0 Å². The zero-order valence-electron chi connectivity index (χ0n) is 6.25. The Morgan fingerprint density at radius 2 is 2.20 bits per heavy atom. The van der Waals surface area contributed by atoms with Crippen LogP contribution in [0.1, 0.15) is 13.3 Å². The fourth-order valence-corrected chi connectivity index (χ4v) is 1.06. The van der Waals surface area contributed by atoms with Crippen LogP contribution in [0.25, 0.3) is 0 Å². The van der Waals surface area contributed by atoms with E-state index in [1.54, 1.807) is 0 Å². The van der Waals surface area contributed by atoms with Gasteiger partial charge in [-0.15, -0.1) is 0 Å². The first-order valence-electron chi connectivity index (χ1n) is 3.59. The maximum absolute atomic E-state index is 5.94. The van der Waals surface area contributed by atoms with Gasteiger partial charge in [0.15, 0.2) is 0 Å². The zero-order valence-corrected chi connectivity index (χ0v) is 6.25. The van der Waals surface area contributed by atoms with Crippen LogP contribution in [0.3, 0.4) is 0 Å². The minimum atomic E-state index is -0.311. The monoisotopic (exact) mass is 138 g/mol. The minimum Gasteiger partial charge on any atom is -0.323 e. The van der Waals surface area contributed by atoms with E-state index >= 15 is 0 Å². The van der Waals surface area contributed by atoms with E-state index in [-0.39, 0.29) is 11.6 Å². The third kappa shape index (κ3) is 1.13. The second kappa shape index (κ2) is 2.56. The number of nitrogens with two attached hydrogens (primary N) is 2. The fraction of sp³-hybridized carbons (Fsp3) is 0.500. The number of hydrogen-bond acceptors (Lipinski definition) is 2. The van der Waals surface area contributed by atoms with Crippen molar-refractivity contribution in [2.24, 2.45) is 11.5 Å². The highest BCUT2D eigenvalue weighted by molar-refractivity contribution is 5.25. The highest BCUT2D eigenvalue weighted by Gasteiger charge is 2.26. The molecule has 0 fully saturated rings. The Kier molecular flexibility index (Phi) is 1.92. The van der Waals surface area contributed by atoms with E-state index in [0.29, 0.717) is 0 Å². The SMILES string of the molecule is CCC1(N)C=CC=CC1N. The molecule has 1 aliphatic carbocycles. The molecule has 0 aromatic rings. The molecular weight excluding hydrogens is 124 g/mol. The summed E-state index contributed by atoms with van der Waals surface area (Å²) in [6.07, 6.45) is 8.68. The van der Waals surface area contributed by atoms with Crippen LogP contribution in [0.15, 0.2) is 24.3 Å². The first-order chi connectivity index (χ1) is 4.69. The quantitative estimate of drug-likeness (QED) is 0.556. The van der Waals surface area contributed by atoms with Crippen molar-refractivity contribution in [1.82, 2.24) is 0 Å². The van der Waals surface area contributed by atoms with Crippen LogP contribution in [0.2, 0.25) is 0 Å². The summed E-state index contributed by atoms with van der Waals surface area (Å²) in [5.41, 5.74) is 11.4. The summed E-state index contributed by atoms with van der Waals surface area (Å²) in [7, 11) is 0. The van der Waals surface area contributed by atoms with Crippen molar-refractivity contribution in [3.63, 3.8) is 0 Å². The second-order valence-corrected chi connectivity index (χ2v) is 2.74. The summed E-state index contributed by atoms with van der Waals surface area (Å²) < 4.78 is 0. The fourth-order valence-electron chi connectivity index (χ4n) is 1.06. The molecule has 2 unspecified atom stereocenters. The van der Waals surface area contributed by atoms with Gasteiger partial charge in [0.1, 0.15) is 0 Å². The molecule has 0 bridgehead atoms. The van der Waals surface area contributed by atoms with Crippen LogP contribution >= 0.6 is 0 Å². The van der Waals surface area contributed by atoms with Crippen molar-refractivity contribution in [2.75, 3.05) is 0 Å². The number of hydrogen-bond donors (Lipinski definition) is 2. The van der Waals surface area contributed by atoms with Gasteiger partial charge in [0.05, 0.1) is 5.54 Å². The van der Waals surface area contributed by atoms with Crippen LogP contribution < -0.4 is 11.5 Å². The second-order valence-electron chi connectivity index (χ2n) is 2.74. The molecule has 0 aliphatic heterocycles. The van der Waals surface area contributed by atoms with Gasteiger partial charge in [-0.05, 0) is 6.42 Å². The normalized spacial score (nSPS) is 38.5. The molecule has 0 amide bonds.